The molecular formula is C17H11N3O. The van der Waals surface area contributed by atoms with E-state index in [0.717, 1.165) is 10.8 Å². The van der Waals surface area contributed by atoms with Crippen molar-refractivity contribution in [1.82, 2.24) is 4.98 Å². The number of benzene rings is 2. The highest BCUT2D eigenvalue weighted by Gasteiger charge is 2.11. The SMILES string of the molecule is N#Cc1ccccc1NC(=O)c1cccc2ccncc12. The number of amides is 1. The second-order valence-corrected chi connectivity index (χ2v) is 4.51. The van der Waals surface area contributed by atoms with Crippen molar-refractivity contribution >= 4 is 22.4 Å². The van der Waals surface area contributed by atoms with Gasteiger partial charge >= 0.3 is 0 Å². The van der Waals surface area contributed by atoms with Gasteiger partial charge < -0.3 is 5.32 Å². The molecule has 4 heteroatoms. The van der Waals surface area contributed by atoms with Gasteiger partial charge in [0.25, 0.3) is 5.91 Å². The minimum atomic E-state index is -0.253. The molecule has 1 N–H and O–H groups in total. The maximum atomic E-state index is 12.4. The second kappa shape index (κ2) is 5.43. The Labute approximate surface area is 121 Å². The number of nitriles is 1. The highest BCUT2D eigenvalue weighted by Crippen LogP contribution is 2.20. The predicted molar refractivity (Wildman–Crippen MR) is 80.9 cm³/mol. The summed E-state index contributed by atoms with van der Waals surface area (Å²) < 4.78 is 0. The maximum Gasteiger partial charge on any atom is 0.256 e. The molecule has 2 aromatic carbocycles. The van der Waals surface area contributed by atoms with Crippen LogP contribution in [0.5, 0.6) is 0 Å². The van der Waals surface area contributed by atoms with E-state index in [4.69, 9.17) is 5.26 Å². The third-order valence-electron chi connectivity index (χ3n) is 3.22. The molecule has 0 spiro atoms. The van der Waals surface area contributed by atoms with Gasteiger partial charge in [0.2, 0.25) is 0 Å². The fraction of sp³-hybridized carbons (Fsp3) is 0. The van der Waals surface area contributed by atoms with Crippen LogP contribution in [0.3, 0.4) is 0 Å². The molecule has 0 radical (unpaired) electrons. The van der Waals surface area contributed by atoms with Crippen molar-refractivity contribution in [3.8, 4) is 6.07 Å². The monoisotopic (exact) mass is 273 g/mol. The molecule has 4 nitrogen and oxygen atoms in total. The van der Waals surface area contributed by atoms with Crippen molar-refractivity contribution in [2.45, 2.75) is 0 Å². The number of para-hydroxylation sites is 1. The number of anilines is 1. The first-order valence-corrected chi connectivity index (χ1v) is 6.43. The Balaban J connectivity index is 2.00. The quantitative estimate of drug-likeness (QED) is 0.778. The van der Waals surface area contributed by atoms with Gasteiger partial charge in [0, 0.05) is 23.3 Å². The number of carbonyl (C=O) groups is 1. The highest BCUT2D eigenvalue weighted by atomic mass is 16.1. The van der Waals surface area contributed by atoms with Crippen molar-refractivity contribution < 1.29 is 4.79 Å². The molecule has 0 unspecified atom stereocenters. The van der Waals surface area contributed by atoms with Crippen LogP contribution < -0.4 is 5.32 Å². The third kappa shape index (κ3) is 2.45. The molecule has 0 bridgehead atoms. The number of fused-ring (bicyclic) bond motifs is 1. The van der Waals surface area contributed by atoms with Crippen LogP contribution in [0, 0.1) is 11.3 Å². The van der Waals surface area contributed by atoms with E-state index in [0.29, 0.717) is 16.8 Å². The molecule has 3 rings (SSSR count). The zero-order chi connectivity index (χ0) is 14.7. The summed E-state index contributed by atoms with van der Waals surface area (Å²) in [5.74, 6) is -0.253. The van der Waals surface area contributed by atoms with Gasteiger partial charge in [0.05, 0.1) is 11.3 Å². The second-order valence-electron chi connectivity index (χ2n) is 4.51. The predicted octanol–water partition coefficient (Wildman–Crippen LogP) is 3.36. The standard InChI is InChI=1S/C17H11N3O/c18-10-13-4-1-2-7-16(13)20-17(21)14-6-3-5-12-8-9-19-11-15(12)14/h1-9,11H,(H,20,21). The van der Waals surface area contributed by atoms with Crippen LogP contribution in [0.25, 0.3) is 10.8 Å². The molecule has 0 aliphatic heterocycles. The Morgan fingerprint density at radius 3 is 2.81 bits per heavy atom. The molecule has 1 heterocycles. The lowest BCUT2D eigenvalue weighted by atomic mass is 10.1. The van der Waals surface area contributed by atoms with E-state index in [1.807, 2.05) is 18.2 Å². The summed E-state index contributed by atoms with van der Waals surface area (Å²) in [4.78, 5) is 16.5. The fourth-order valence-corrected chi connectivity index (χ4v) is 2.19. The number of pyridine rings is 1. The molecule has 3 aromatic rings. The average Bonchev–Trinajstić information content (AvgIpc) is 2.54. The first-order valence-electron chi connectivity index (χ1n) is 6.43. The normalized spacial score (nSPS) is 10.0. The zero-order valence-corrected chi connectivity index (χ0v) is 11.1. The van der Waals surface area contributed by atoms with Gasteiger partial charge in [-0.3, -0.25) is 9.78 Å². The van der Waals surface area contributed by atoms with Crippen LogP contribution in [0.1, 0.15) is 15.9 Å². The van der Waals surface area contributed by atoms with E-state index in [9.17, 15) is 4.79 Å². The van der Waals surface area contributed by atoms with Crippen LogP contribution in [0.4, 0.5) is 5.69 Å². The summed E-state index contributed by atoms with van der Waals surface area (Å²) in [7, 11) is 0. The molecule has 0 fully saturated rings. The van der Waals surface area contributed by atoms with E-state index in [-0.39, 0.29) is 5.91 Å². The van der Waals surface area contributed by atoms with E-state index < -0.39 is 0 Å². The van der Waals surface area contributed by atoms with Crippen molar-refractivity contribution in [2.24, 2.45) is 0 Å². The van der Waals surface area contributed by atoms with Gasteiger partial charge in [0.1, 0.15) is 6.07 Å². The first kappa shape index (κ1) is 12.8. The van der Waals surface area contributed by atoms with Crippen molar-refractivity contribution in [2.75, 3.05) is 5.32 Å². The molecule has 1 aromatic heterocycles. The van der Waals surface area contributed by atoms with E-state index >= 15 is 0 Å². The third-order valence-corrected chi connectivity index (χ3v) is 3.22. The molecule has 21 heavy (non-hydrogen) atoms. The maximum absolute atomic E-state index is 12.4. The van der Waals surface area contributed by atoms with Gasteiger partial charge in [-0.25, -0.2) is 0 Å². The van der Waals surface area contributed by atoms with Crippen LogP contribution in [0.15, 0.2) is 60.9 Å². The van der Waals surface area contributed by atoms with Gasteiger partial charge in [-0.2, -0.15) is 5.26 Å². The Hall–Kier alpha value is -3.19. The molecule has 1 amide bonds. The average molecular weight is 273 g/mol. The summed E-state index contributed by atoms with van der Waals surface area (Å²) in [6, 6.07) is 16.3. The van der Waals surface area contributed by atoms with E-state index in [1.165, 1.54) is 0 Å². The molecule has 0 saturated carbocycles. The Morgan fingerprint density at radius 2 is 1.95 bits per heavy atom. The van der Waals surface area contributed by atoms with Gasteiger partial charge in [-0.15, -0.1) is 0 Å². The summed E-state index contributed by atoms with van der Waals surface area (Å²) in [6.45, 7) is 0. The lowest BCUT2D eigenvalue weighted by molar-refractivity contribution is 0.102. The van der Waals surface area contributed by atoms with Crippen LogP contribution in [-0.2, 0) is 0 Å². The van der Waals surface area contributed by atoms with Crippen molar-refractivity contribution in [1.29, 1.82) is 5.26 Å². The zero-order valence-electron chi connectivity index (χ0n) is 11.1. The van der Waals surface area contributed by atoms with Crippen molar-refractivity contribution in [3.05, 3.63) is 72.1 Å². The number of rotatable bonds is 2. The number of hydrogen-bond acceptors (Lipinski definition) is 3. The fourth-order valence-electron chi connectivity index (χ4n) is 2.19. The minimum absolute atomic E-state index is 0.253. The Kier molecular flexibility index (Phi) is 3.32. The summed E-state index contributed by atoms with van der Waals surface area (Å²) in [6.07, 6.45) is 3.36. The summed E-state index contributed by atoms with van der Waals surface area (Å²) in [5, 5.41) is 13.6. The molecule has 0 atom stereocenters. The van der Waals surface area contributed by atoms with Crippen LogP contribution in [-0.4, -0.2) is 10.9 Å². The van der Waals surface area contributed by atoms with Gasteiger partial charge in [-0.1, -0.05) is 24.3 Å². The lowest BCUT2D eigenvalue weighted by Gasteiger charge is -2.08. The first-order chi connectivity index (χ1) is 10.3. The van der Waals surface area contributed by atoms with Gasteiger partial charge in [0.15, 0.2) is 0 Å². The number of hydrogen-bond donors (Lipinski definition) is 1. The molecule has 100 valence electrons. The lowest BCUT2D eigenvalue weighted by Crippen LogP contribution is -2.13. The Morgan fingerprint density at radius 1 is 1.10 bits per heavy atom. The topological polar surface area (TPSA) is 65.8 Å². The van der Waals surface area contributed by atoms with Crippen LogP contribution >= 0.6 is 0 Å². The van der Waals surface area contributed by atoms with E-state index in [2.05, 4.69) is 16.4 Å². The smallest absolute Gasteiger partial charge is 0.256 e. The molecule has 0 aliphatic rings. The number of nitrogens with one attached hydrogen (secondary N) is 1. The summed E-state index contributed by atoms with van der Waals surface area (Å²) >= 11 is 0. The number of aromatic nitrogens is 1. The van der Waals surface area contributed by atoms with Crippen molar-refractivity contribution in [3.63, 3.8) is 0 Å². The van der Waals surface area contributed by atoms with E-state index in [1.54, 1.807) is 42.7 Å². The number of carbonyl (C=O) groups excluding carboxylic acids is 1. The number of nitrogens with zero attached hydrogens (tertiary/aromatic N) is 2. The molecule has 0 saturated heterocycles. The van der Waals surface area contributed by atoms with Gasteiger partial charge in [-0.05, 0) is 29.7 Å². The summed E-state index contributed by atoms with van der Waals surface area (Å²) in [5.41, 5.74) is 1.48. The minimum Gasteiger partial charge on any atom is -0.321 e. The molecule has 0 aliphatic carbocycles. The molecular weight excluding hydrogens is 262 g/mol. The Bertz CT molecular complexity index is 860. The van der Waals surface area contributed by atoms with Crippen LogP contribution in [0.2, 0.25) is 0 Å². The highest BCUT2D eigenvalue weighted by molar-refractivity contribution is 6.13. The largest absolute Gasteiger partial charge is 0.321 e.